The average molecular weight is 392 g/mol. The number of benzene rings is 1. The van der Waals surface area contributed by atoms with E-state index >= 15 is 0 Å². The zero-order chi connectivity index (χ0) is 20.0. The van der Waals surface area contributed by atoms with Gasteiger partial charge in [-0.05, 0) is 37.0 Å². The summed E-state index contributed by atoms with van der Waals surface area (Å²) in [6, 6.07) is 5.44. The summed E-state index contributed by atoms with van der Waals surface area (Å²) in [6.45, 7) is 4.09. The number of aromatic nitrogens is 5. The number of nitrogens with zero attached hydrogens (tertiary/aromatic N) is 5. The average Bonchev–Trinajstić information content (AvgIpc) is 3.41. The number of halogens is 1. The molecule has 4 heterocycles. The van der Waals surface area contributed by atoms with Gasteiger partial charge < -0.3 is 15.0 Å². The van der Waals surface area contributed by atoms with Crippen molar-refractivity contribution >= 4 is 5.57 Å². The minimum absolute atomic E-state index is 0.0447. The van der Waals surface area contributed by atoms with Gasteiger partial charge in [0.2, 0.25) is 0 Å². The molecule has 2 bridgehead atoms. The largest absolute Gasteiger partial charge is 0.507 e. The van der Waals surface area contributed by atoms with Gasteiger partial charge in [0.05, 0.1) is 23.8 Å². The van der Waals surface area contributed by atoms with Crippen molar-refractivity contribution in [3.05, 3.63) is 55.4 Å². The number of alkyl halides is 1. The van der Waals surface area contributed by atoms with Crippen molar-refractivity contribution in [3.8, 4) is 22.8 Å². The maximum atomic E-state index is 14.8. The van der Waals surface area contributed by atoms with E-state index in [0.29, 0.717) is 28.7 Å². The van der Waals surface area contributed by atoms with Crippen LogP contribution in [0.4, 0.5) is 4.39 Å². The predicted molar refractivity (Wildman–Crippen MR) is 106 cm³/mol. The van der Waals surface area contributed by atoms with Crippen molar-refractivity contribution < 1.29 is 9.50 Å². The molecular weight excluding hydrogens is 371 g/mol. The smallest absolute Gasteiger partial charge is 0.185 e. The number of hydrogen-bond donors (Lipinski definition) is 2. The van der Waals surface area contributed by atoms with Gasteiger partial charge in [-0.3, -0.25) is 0 Å². The number of aromatic hydroxyl groups is 1. The molecule has 148 valence electrons. The van der Waals surface area contributed by atoms with Crippen LogP contribution in [0, 0.1) is 5.92 Å². The Kier molecular flexibility index (Phi) is 4.35. The molecule has 1 aromatic carbocycles. The SMILES string of the molecule is C=C(c1cnc(-c2ccc(-n3ccnc3)cc2O)nn1)C1CC2CCC(N2)[C@H]1F. The second-order valence-electron chi connectivity index (χ2n) is 7.70. The number of phenols is 1. The molecule has 3 unspecified atom stereocenters. The monoisotopic (exact) mass is 392 g/mol. The molecule has 0 spiro atoms. The van der Waals surface area contributed by atoms with Crippen LogP contribution >= 0.6 is 0 Å². The van der Waals surface area contributed by atoms with Crippen molar-refractivity contribution in [2.24, 2.45) is 5.92 Å². The molecule has 2 aromatic heterocycles. The fourth-order valence-corrected chi connectivity index (χ4v) is 4.36. The van der Waals surface area contributed by atoms with Gasteiger partial charge in [0, 0.05) is 36.5 Å². The standard InChI is InChI=1S/C21H21FN6O/c1-12(16-8-13-2-5-17(25-13)20(16)22)18-10-24-21(27-26-18)15-4-3-14(9-19(15)29)28-7-6-23-11-28/h3-4,6-7,9-11,13,16-17,20,25,29H,1-2,5,8H2/t13?,16?,17?,20-/m0/s1. The maximum Gasteiger partial charge on any atom is 0.185 e. The van der Waals surface area contributed by atoms with Crippen molar-refractivity contribution in [2.75, 3.05) is 0 Å². The number of rotatable bonds is 4. The molecule has 4 atom stereocenters. The summed E-state index contributed by atoms with van der Waals surface area (Å²) < 4.78 is 16.6. The number of fused-ring (bicyclic) bond motifs is 2. The first-order valence-electron chi connectivity index (χ1n) is 9.71. The van der Waals surface area contributed by atoms with Gasteiger partial charge in [-0.15, -0.1) is 10.2 Å². The summed E-state index contributed by atoms with van der Waals surface area (Å²) in [7, 11) is 0. The van der Waals surface area contributed by atoms with E-state index in [1.54, 1.807) is 41.6 Å². The quantitative estimate of drug-likeness (QED) is 0.710. The minimum Gasteiger partial charge on any atom is -0.507 e. The van der Waals surface area contributed by atoms with Crippen LogP contribution in [0.1, 0.15) is 25.0 Å². The Bertz CT molecular complexity index is 1040. The lowest BCUT2D eigenvalue weighted by Gasteiger charge is -2.33. The molecule has 7 nitrogen and oxygen atoms in total. The topological polar surface area (TPSA) is 88.8 Å². The Balaban J connectivity index is 1.37. The fourth-order valence-electron chi connectivity index (χ4n) is 4.36. The lowest BCUT2D eigenvalue weighted by molar-refractivity contribution is 0.167. The van der Waals surface area contributed by atoms with Crippen molar-refractivity contribution in [1.82, 2.24) is 30.0 Å². The molecule has 0 saturated carbocycles. The maximum absolute atomic E-state index is 14.8. The summed E-state index contributed by atoms with van der Waals surface area (Å²) in [4.78, 5) is 8.34. The van der Waals surface area contributed by atoms with Gasteiger partial charge in [-0.25, -0.2) is 14.4 Å². The molecule has 2 aliphatic heterocycles. The first kappa shape index (κ1) is 17.9. The summed E-state index contributed by atoms with van der Waals surface area (Å²) >= 11 is 0. The number of nitrogens with one attached hydrogen (secondary N) is 1. The van der Waals surface area contributed by atoms with E-state index < -0.39 is 6.17 Å². The van der Waals surface area contributed by atoms with E-state index in [2.05, 4.69) is 32.1 Å². The molecule has 29 heavy (non-hydrogen) atoms. The van der Waals surface area contributed by atoms with Crippen LogP contribution < -0.4 is 5.32 Å². The van der Waals surface area contributed by atoms with E-state index in [-0.39, 0.29) is 17.7 Å². The third-order valence-electron chi connectivity index (χ3n) is 5.95. The van der Waals surface area contributed by atoms with E-state index in [1.165, 1.54) is 0 Å². The third kappa shape index (κ3) is 3.19. The van der Waals surface area contributed by atoms with E-state index in [0.717, 1.165) is 24.9 Å². The van der Waals surface area contributed by atoms with Crippen LogP contribution in [0.2, 0.25) is 0 Å². The fraction of sp³-hybridized carbons (Fsp3) is 0.333. The van der Waals surface area contributed by atoms with Gasteiger partial charge in [0.15, 0.2) is 5.82 Å². The predicted octanol–water partition coefficient (Wildman–Crippen LogP) is 2.92. The van der Waals surface area contributed by atoms with Crippen molar-refractivity contribution in [2.45, 2.75) is 37.5 Å². The highest BCUT2D eigenvalue weighted by atomic mass is 19.1. The van der Waals surface area contributed by atoms with Gasteiger partial charge in [-0.2, -0.15) is 0 Å². The van der Waals surface area contributed by atoms with Crippen LogP contribution in [0.5, 0.6) is 5.75 Å². The molecular formula is C21H21FN6O. The van der Waals surface area contributed by atoms with Crippen LogP contribution in [0.3, 0.4) is 0 Å². The van der Waals surface area contributed by atoms with Crippen LogP contribution in [-0.2, 0) is 0 Å². The normalized spacial score (nSPS) is 25.8. The number of allylic oxidation sites excluding steroid dienone is 1. The highest BCUT2D eigenvalue weighted by Gasteiger charge is 2.43. The summed E-state index contributed by atoms with van der Waals surface area (Å²) in [5.74, 6) is 0.0836. The Morgan fingerprint density at radius 1 is 1.28 bits per heavy atom. The Hall–Kier alpha value is -3.13. The number of hydrogen-bond acceptors (Lipinski definition) is 6. The second kappa shape index (κ2) is 7.04. The second-order valence-corrected chi connectivity index (χ2v) is 7.70. The van der Waals surface area contributed by atoms with E-state index in [1.807, 2.05) is 6.07 Å². The zero-order valence-corrected chi connectivity index (χ0v) is 15.7. The zero-order valence-electron chi connectivity index (χ0n) is 15.7. The number of phenolic OH excluding ortho intramolecular Hbond substituents is 1. The first-order valence-corrected chi connectivity index (χ1v) is 9.71. The van der Waals surface area contributed by atoms with Crippen LogP contribution in [-0.4, -0.2) is 48.1 Å². The Morgan fingerprint density at radius 3 is 2.90 bits per heavy atom. The van der Waals surface area contributed by atoms with Crippen molar-refractivity contribution in [1.29, 1.82) is 0 Å². The molecule has 2 saturated heterocycles. The number of imidazole rings is 1. The Labute approximate surface area is 167 Å². The molecule has 3 aromatic rings. The third-order valence-corrected chi connectivity index (χ3v) is 5.95. The molecule has 2 aliphatic rings. The highest BCUT2D eigenvalue weighted by Crippen LogP contribution is 2.39. The van der Waals surface area contributed by atoms with E-state index in [4.69, 9.17) is 0 Å². The summed E-state index contributed by atoms with van der Waals surface area (Å²) in [6.07, 6.45) is 8.29. The van der Waals surface area contributed by atoms with Gasteiger partial charge in [0.25, 0.3) is 0 Å². The van der Waals surface area contributed by atoms with Crippen molar-refractivity contribution in [3.63, 3.8) is 0 Å². The molecule has 0 aliphatic carbocycles. The molecule has 2 fully saturated rings. The van der Waals surface area contributed by atoms with Gasteiger partial charge >= 0.3 is 0 Å². The van der Waals surface area contributed by atoms with Crippen LogP contribution in [0.15, 0.2) is 49.7 Å². The van der Waals surface area contributed by atoms with Gasteiger partial charge in [-0.1, -0.05) is 6.58 Å². The lowest BCUT2D eigenvalue weighted by Crippen LogP contribution is -2.47. The minimum atomic E-state index is -0.970. The number of piperidine rings is 1. The van der Waals surface area contributed by atoms with Crippen LogP contribution in [0.25, 0.3) is 22.6 Å². The molecule has 8 heteroatoms. The highest BCUT2D eigenvalue weighted by molar-refractivity contribution is 5.67. The lowest BCUT2D eigenvalue weighted by atomic mass is 9.84. The first-order chi connectivity index (χ1) is 14.1. The molecule has 2 N–H and O–H groups in total. The summed E-state index contributed by atoms with van der Waals surface area (Å²) in [5, 5.41) is 22.1. The van der Waals surface area contributed by atoms with E-state index in [9.17, 15) is 9.50 Å². The Morgan fingerprint density at radius 2 is 2.17 bits per heavy atom. The summed E-state index contributed by atoms with van der Waals surface area (Å²) in [5.41, 5.74) is 2.39. The molecule has 0 radical (unpaired) electrons. The molecule has 0 amide bonds. The van der Waals surface area contributed by atoms with Gasteiger partial charge in [0.1, 0.15) is 17.6 Å². The molecule has 5 rings (SSSR count).